The lowest BCUT2D eigenvalue weighted by molar-refractivity contribution is -0.122. The summed E-state index contributed by atoms with van der Waals surface area (Å²) in [5.41, 5.74) is 1.71. The van der Waals surface area contributed by atoms with Gasteiger partial charge in [0.1, 0.15) is 0 Å². The minimum absolute atomic E-state index is 0.139. The number of carbonyl (C=O) groups excluding carboxylic acids is 3. The van der Waals surface area contributed by atoms with E-state index in [0.29, 0.717) is 29.8 Å². The highest BCUT2D eigenvalue weighted by molar-refractivity contribution is 9.12. The fourth-order valence-corrected chi connectivity index (χ4v) is 5.07. The number of rotatable bonds is 3. The minimum atomic E-state index is -0.275. The number of alkyl halides is 2. The van der Waals surface area contributed by atoms with Gasteiger partial charge >= 0.3 is 0 Å². The van der Waals surface area contributed by atoms with Crippen LogP contribution in [0.3, 0.4) is 0 Å². The van der Waals surface area contributed by atoms with Gasteiger partial charge in [-0.3, -0.25) is 19.3 Å². The van der Waals surface area contributed by atoms with Crippen molar-refractivity contribution in [3.8, 4) is 0 Å². The Kier molecular flexibility index (Phi) is 5.38. The first-order valence-electron chi connectivity index (χ1n) is 9.08. The van der Waals surface area contributed by atoms with Gasteiger partial charge in [0.05, 0.1) is 17.5 Å². The van der Waals surface area contributed by atoms with E-state index in [1.54, 1.807) is 48.5 Å². The van der Waals surface area contributed by atoms with E-state index in [1.807, 2.05) is 6.07 Å². The highest BCUT2D eigenvalue weighted by Crippen LogP contribution is 2.44. The second-order valence-corrected chi connectivity index (χ2v) is 9.45. The molecule has 1 saturated heterocycles. The van der Waals surface area contributed by atoms with Gasteiger partial charge in [-0.2, -0.15) is 0 Å². The second kappa shape index (κ2) is 7.79. The summed E-state index contributed by atoms with van der Waals surface area (Å²) in [6.07, 6.45) is 1.29. The van der Waals surface area contributed by atoms with E-state index in [2.05, 4.69) is 37.2 Å². The number of amides is 3. The van der Waals surface area contributed by atoms with Crippen molar-refractivity contribution in [3.05, 3.63) is 60.2 Å². The minimum Gasteiger partial charge on any atom is -0.322 e. The van der Waals surface area contributed by atoms with Gasteiger partial charge in [0, 0.05) is 20.9 Å². The fraction of sp³-hybridized carbons (Fsp3) is 0.286. The fourth-order valence-electron chi connectivity index (χ4n) is 3.84. The van der Waals surface area contributed by atoms with Crippen molar-refractivity contribution >= 4 is 61.0 Å². The number of hydrogen-bond donors (Lipinski definition) is 1. The van der Waals surface area contributed by atoms with Gasteiger partial charge in [0.25, 0.3) is 5.91 Å². The van der Waals surface area contributed by atoms with Gasteiger partial charge in [-0.1, -0.05) is 50.1 Å². The smallest absolute Gasteiger partial charge is 0.255 e. The molecule has 1 aliphatic carbocycles. The molecule has 0 spiro atoms. The third kappa shape index (κ3) is 3.53. The van der Waals surface area contributed by atoms with Crippen LogP contribution in [0.4, 0.5) is 11.4 Å². The number of nitrogens with zero attached hydrogens (tertiary/aromatic N) is 1. The molecule has 0 unspecified atom stereocenters. The van der Waals surface area contributed by atoms with Gasteiger partial charge in [0.15, 0.2) is 0 Å². The van der Waals surface area contributed by atoms with Crippen LogP contribution < -0.4 is 10.2 Å². The van der Waals surface area contributed by atoms with Gasteiger partial charge in [-0.25, -0.2) is 0 Å². The molecule has 5 nitrogen and oxygen atoms in total. The number of hydrogen-bond acceptors (Lipinski definition) is 3. The predicted octanol–water partition coefficient (Wildman–Crippen LogP) is 4.37. The van der Waals surface area contributed by atoms with Crippen LogP contribution >= 0.6 is 31.9 Å². The maximum absolute atomic E-state index is 12.8. The van der Waals surface area contributed by atoms with E-state index in [-0.39, 0.29) is 39.2 Å². The number of carbonyl (C=O) groups is 3. The molecule has 3 amide bonds. The van der Waals surface area contributed by atoms with E-state index in [1.165, 1.54) is 4.90 Å². The molecule has 28 heavy (non-hydrogen) atoms. The maximum Gasteiger partial charge on any atom is 0.255 e. The normalized spacial score (nSPS) is 26.9. The zero-order valence-corrected chi connectivity index (χ0v) is 18.0. The van der Waals surface area contributed by atoms with Crippen LogP contribution in [0, 0.1) is 11.8 Å². The molecule has 0 aromatic heterocycles. The van der Waals surface area contributed by atoms with E-state index in [0.717, 1.165) is 0 Å². The molecule has 144 valence electrons. The number of nitrogens with one attached hydrogen (secondary N) is 1. The molecule has 1 N–H and O–H groups in total. The average Bonchev–Trinajstić information content (AvgIpc) is 2.94. The van der Waals surface area contributed by atoms with Crippen LogP contribution in [-0.4, -0.2) is 27.4 Å². The van der Waals surface area contributed by atoms with Crippen molar-refractivity contribution in [3.63, 3.8) is 0 Å². The molecule has 1 saturated carbocycles. The van der Waals surface area contributed by atoms with E-state index < -0.39 is 0 Å². The zero-order valence-electron chi connectivity index (χ0n) is 14.8. The summed E-state index contributed by atoms with van der Waals surface area (Å²) in [6.45, 7) is 0. The molecular formula is C21H18Br2N2O3. The summed E-state index contributed by atoms with van der Waals surface area (Å²) < 4.78 is 0. The molecule has 1 heterocycles. The molecule has 7 heteroatoms. The lowest BCUT2D eigenvalue weighted by Crippen LogP contribution is -2.34. The molecule has 4 rings (SSSR count). The average molecular weight is 506 g/mol. The molecule has 0 bridgehead atoms. The van der Waals surface area contributed by atoms with Crippen molar-refractivity contribution in [2.24, 2.45) is 11.8 Å². The van der Waals surface area contributed by atoms with E-state index in [4.69, 9.17) is 0 Å². The number of imide groups is 1. The van der Waals surface area contributed by atoms with E-state index >= 15 is 0 Å². The molecular weight excluding hydrogens is 488 g/mol. The number of fused-ring (bicyclic) bond motifs is 1. The van der Waals surface area contributed by atoms with Crippen molar-refractivity contribution in [1.82, 2.24) is 0 Å². The maximum atomic E-state index is 12.8. The first kappa shape index (κ1) is 19.3. The van der Waals surface area contributed by atoms with Crippen molar-refractivity contribution < 1.29 is 14.4 Å². The SMILES string of the molecule is O=C(Nc1ccc(N2C(=O)[C@H]3C[C@@H](Br)[C@@H](Br)C[C@@H]3C2=O)cc1)c1ccccc1. The monoisotopic (exact) mass is 504 g/mol. The third-order valence-electron chi connectivity index (χ3n) is 5.33. The first-order valence-corrected chi connectivity index (χ1v) is 10.9. The lowest BCUT2D eigenvalue weighted by atomic mass is 9.81. The third-order valence-corrected chi connectivity index (χ3v) is 8.06. The zero-order chi connectivity index (χ0) is 19.8. The van der Waals surface area contributed by atoms with Crippen LogP contribution in [0.2, 0.25) is 0 Å². The van der Waals surface area contributed by atoms with Crippen LogP contribution in [-0.2, 0) is 9.59 Å². The first-order chi connectivity index (χ1) is 13.5. The second-order valence-electron chi connectivity index (χ2n) is 7.10. The standard InChI is InChI=1S/C21H18Br2N2O3/c22-17-10-15-16(11-18(17)23)21(28)25(20(15)27)14-8-6-13(7-9-14)24-19(26)12-4-2-1-3-5-12/h1-9,15-18H,10-11H2,(H,24,26)/t15-,16-,17-,18+/m0/s1. The number of halogens is 2. The Labute approximate surface area is 179 Å². The Morgan fingerprint density at radius 2 is 1.39 bits per heavy atom. The van der Waals surface area contributed by atoms with Crippen LogP contribution in [0.25, 0.3) is 0 Å². The van der Waals surface area contributed by atoms with Crippen LogP contribution in [0.15, 0.2) is 54.6 Å². The van der Waals surface area contributed by atoms with Gasteiger partial charge in [-0.15, -0.1) is 0 Å². The summed E-state index contributed by atoms with van der Waals surface area (Å²) >= 11 is 7.19. The highest BCUT2D eigenvalue weighted by Gasteiger charge is 2.52. The Morgan fingerprint density at radius 3 is 1.93 bits per heavy atom. The molecule has 2 aromatic carbocycles. The largest absolute Gasteiger partial charge is 0.322 e. The summed E-state index contributed by atoms with van der Waals surface area (Å²) in [4.78, 5) is 39.6. The van der Waals surface area contributed by atoms with Crippen molar-refractivity contribution in [2.45, 2.75) is 22.5 Å². The molecule has 0 radical (unpaired) electrons. The van der Waals surface area contributed by atoms with Crippen molar-refractivity contribution in [1.29, 1.82) is 0 Å². The lowest BCUT2D eigenvalue weighted by Gasteiger charge is -2.29. The number of anilines is 2. The summed E-state index contributed by atoms with van der Waals surface area (Å²) in [5, 5.41) is 2.82. The molecule has 2 aliphatic rings. The number of benzene rings is 2. The summed E-state index contributed by atoms with van der Waals surface area (Å²) in [6, 6.07) is 15.7. The van der Waals surface area contributed by atoms with Crippen molar-refractivity contribution in [2.75, 3.05) is 10.2 Å². The molecule has 1 aliphatic heterocycles. The molecule has 2 aromatic rings. The Bertz CT molecular complexity index is 889. The molecule has 2 fully saturated rings. The van der Waals surface area contributed by atoms with Gasteiger partial charge in [0.2, 0.25) is 11.8 Å². The van der Waals surface area contributed by atoms with Gasteiger partial charge in [-0.05, 0) is 49.2 Å². The molecule has 4 atom stereocenters. The quantitative estimate of drug-likeness (QED) is 0.497. The predicted molar refractivity (Wildman–Crippen MR) is 115 cm³/mol. The summed E-state index contributed by atoms with van der Waals surface area (Å²) in [7, 11) is 0. The summed E-state index contributed by atoms with van der Waals surface area (Å²) in [5.74, 6) is -1.04. The van der Waals surface area contributed by atoms with Crippen LogP contribution in [0.5, 0.6) is 0 Å². The Balaban J connectivity index is 1.50. The van der Waals surface area contributed by atoms with Crippen LogP contribution in [0.1, 0.15) is 23.2 Å². The van der Waals surface area contributed by atoms with E-state index in [9.17, 15) is 14.4 Å². The highest BCUT2D eigenvalue weighted by atomic mass is 79.9. The topological polar surface area (TPSA) is 66.5 Å². The van der Waals surface area contributed by atoms with Gasteiger partial charge < -0.3 is 5.32 Å². The Morgan fingerprint density at radius 1 is 0.857 bits per heavy atom. The Hall–Kier alpha value is -1.99.